The van der Waals surface area contributed by atoms with E-state index in [-0.39, 0.29) is 16.9 Å². The molecule has 170 valence electrons. The SMILES string of the molecule is COc1c(C)cc(C)cc1/C(O)=C1\C(=O)C(=O)N(c2ccc(C#N)cc2)C1c1ccc(F)cc1. The molecular weight excluding hydrogens is 435 g/mol. The number of carbonyl (C=O) groups excluding carboxylic acids is 2. The molecule has 6 nitrogen and oxygen atoms in total. The molecule has 0 aliphatic carbocycles. The first-order valence-corrected chi connectivity index (χ1v) is 10.5. The van der Waals surface area contributed by atoms with Gasteiger partial charge in [-0.15, -0.1) is 0 Å². The zero-order valence-electron chi connectivity index (χ0n) is 18.8. The Kier molecular flexibility index (Phi) is 5.91. The van der Waals surface area contributed by atoms with Crippen LogP contribution in [0.25, 0.3) is 5.76 Å². The summed E-state index contributed by atoms with van der Waals surface area (Å²) in [5.74, 6) is -2.20. The Hall–Kier alpha value is -4.44. The summed E-state index contributed by atoms with van der Waals surface area (Å²) in [7, 11) is 1.46. The fourth-order valence-corrected chi connectivity index (χ4v) is 4.30. The molecule has 1 unspecified atom stereocenters. The number of methoxy groups -OCH3 is 1. The molecular formula is C27H21FN2O4. The Bertz CT molecular complexity index is 1370. The number of aliphatic hydroxyl groups is 1. The molecule has 0 saturated carbocycles. The number of ether oxygens (including phenoxy) is 1. The van der Waals surface area contributed by atoms with Crippen LogP contribution in [0.1, 0.15) is 33.9 Å². The Morgan fingerprint density at radius 3 is 2.29 bits per heavy atom. The summed E-state index contributed by atoms with van der Waals surface area (Å²) in [6, 6.07) is 16.1. The molecule has 0 spiro atoms. The summed E-state index contributed by atoms with van der Waals surface area (Å²) in [5.41, 5.74) is 2.92. The first-order chi connectivity index (χ1) is 16.3. The molecule has 7 heteroatoms. The minimum Gasteiger partial charge on any atom is -0.507 e. The molecule has 1 aliphatic rings. The highest BCUT2D eigenvalue weighted by Crippen LogP contribution is 2.43. The van der Waals surface area contributed by atoms with Crippen molar-refractivity contribution in [2.24, 2.45) is 0 Å². The third-order valence-corrected chi connectivity index (χ3v) is 5.78. The topological polar surface area (TPSA) is 90.6 Å². The zero-order valence-corrected chi connectivity index (χ0v) is 18.8. The fourth-order valence-electron chi connectivity index (χ4n) is 4.30. The second kappa shape index (κ2) is 8.83. The van der Waals surface area contributed by atoms with Crippen molar-refractivity contribution in [2.75, 3.05) is 12.0 Å². The number of amides is 1. The van der Waals surface area contributed by atoms with Gasteiger partial charge in [0, 0.05) is 5.69 Å². The maximum atomic E-state index is 13.7. The predicted octanol–water partition coefficient (Wildman–Crippen LogP) is 4.95. The van der Waals surface area contributed by atoms with Gasteiger partial charge < -0.3 is 9.84 Å². The Morgan fingerprint density at radius 1 is 1.06 bits per heavy atom. The standard InChI is InChI=1S/C27H21FN2O4/c1-15-12-16(2)26(34-3)21(13-15)24(31)22-23(18-6-8-19(28)9-7-18)30(27(33)25(22)32)20-10-4-17(14-29)5-11-20/h4-13,23,31H,1-3H3/b24-22+. The van der Waals surface area contributed by atoms with Crippen LogP contribution in [0.15, 0.2) is 66.2 Å². The number of aliphatic hydroxyl groups excluding tert-OH is 1. The summed E-state index contributed by atoms with van der Waals surface area (Å²) in [6.07, 6.45) is 0. The smallest absolute Gasteiger partial charge is 0.300 e. The van der Waals surface area contributed by atoms with E-state index in [1.54, 1.807) is 18.2 Å². The van der Waals surface area contributed by atoms with E-state index in [0.29, 0.717) is 22.6 Å². The van der Waals surface area contributed by atoms with Crippen LogP contribution in [0, 0.1) is 31.0 Å². The number of aryl methyl sites for hydroxylation is 2. The number of ketones is 1. The summed E-state index contributed by atoms with van der Waals surface area (Å²) in [4.78, 5) is 27.7. The van der Waals surface area contributed by atoms with Crippen molar-refractivity contribution in [3.8, 4) is 11.8 Å². The van der Waals surface area contributed by atoms with Crippen LogP contribution in [0.3, 0.4) is 0 Å². The van der Waals surface area contributed by atoms with Gasteiger partial charge in [-0.05, 0) is 73.0 Å². The van der Waals surface area contributed by atoms with Crippen molar-refractivity contribution >= 4 is 23.1 Å². The lowest BCUT2D eigenvalue weighted by Crippen LogP contribution is -2.29. The van der Waals surface area contributed by atoms with Gasteiger partial charge in [0.15, 0.2) is 0 Å². The van der Waals surface area contributed by atoms with Gasteiger partial charge in [-0.25, -0.2) is 4.39 Å². The maximum absolute atomic E-state index is 13.7. The minimum absolute atomic E-state index is 0.135. The number of anilines is 1. The molecule has 1 atom stereocenters. The first-order valence-electron chi connectivity index (χ1n) is 10.5. The lowest BCUT2D eigenvalue weighted by Gasteiger charge is -2.25. The van der Waals surface area contributed by atoms with Crippen LogP contribution in [-0.2, 0) is 9.59 Å². The molecule has 3 aromatic carbocycles. The lowest BCUT2D eigenvalue weighted by atomic mass is 9.93. The van der Waals surface area contributed by atoms with E-state index in [2.05, 4.69) is 0 Å². The molecule has 1 N–H and O–H groups in total. The molecule has 1 saturated heterocycles. The van der Waals surface area contributed by atoms with Crippen LogP contribution < -0.4 is 9.64 Å². The molecule has 34 heavy (non-hydrogen) atoms. The highest BCUT2D eigenvalue weighted by Gasteiger charge is 2.47. The van der Waals surface area contributed by atoms with Crippen molar-refractivity contribution in [3.05, 3.63) is 99.9 Å². The number of hydrogen-bond acceptors (Lipinski definition) is 5. The van der Waals surface area contributed by atoms with E-state index >= 15 is 0 Å². The number of nitrogens with zero attached hydrogens (tertiary/aromatic N) is 2. The Balaban J connectivity index is 1.99. The first kappa shape index (κ1) is 22.7. The summed E-state index contributed by atoms with van der Waals surface area (Å²) in [5, 5.41) is 20.5. The van der Waals surface area contributed by atoms with Crippen LogP contribution in [0.5, 0.6) is 5.75 Å². The molecule has 1 aliphatic heterocycles. The maximum Gasteiger partial charge on any atom is 0.300 e. The predicted molar refractivity (Wildman–Crippen MR) is 125 cm³/mol. The number of benzene rings is 3. The fraction of sp³-hybridized carbons (Fsp3) is 0.148. The number of rotatable bonds is 4. The molecule has 0 radical (unpaired) electrons. The number of Topliss-reactive ketones (excluding diaryl/α,β-unsaturated/α-hetero) is 1. The van der Waals surface area contributed by atoms with Crippen molar-refractivity contribution in [1.29, 1.82) is 5.26 Å². The number of halogens is 1. The van der Waals surface area contributed by atoms with E-state index in [9.17, 15) is 19.1 Å². The Morgan fingerprint density at radius 2 is 1.71 bits per heavy atom. The summed E-state index contributed by atoms with van der Waals surface area (Å²) in [6.45, 7) is 3.66. The quantitative estimate of drug-likeness (QED) is 0.341. The van der Waals surface area contributed by atoms with Crippen LogP contribution in [0.2, 0.25) is 0 Å². The normalized spacial score (nSPS) is 17.0. The largest absolute Gasteiger partial charge is 0.507 e. The number of carbonyl (C=O) groups is 2. The molecule has 4 rings (SSSR count). The van der Waals surface area contributed by atoms with Crippen molar-refractivity contribution in [1.82, 2.24) is 0 Å². The van der Waals surface area contributed by atoms with Gasteiger partial charge in [0.1, 0.15) is 17.3 Å². The van der Waals surface area contributed by atoms with Gasteiger partial charge in [-0.1, -0.05) is 18.2 Å². The van der Waals surface area contributed by atoms with E-state index < -0.39 is 23.5 Å². The van der Waals surface area contributed by atoms with E-state index in [0.717, 1.165) is 11.1 Å². The summed E-state index contributed by atoms with van der Waals surface area (Å²) >= 11 is 0. The van der Waals surface area contributed by atoms with E-state index in [1.807, 2.05) is 26.0 Å². The summed E-state index contributed by atoms with van der Waals surface area (Å²) < 4.78 is 19.2. The minimum atomic E-state index is -1.01. The number of hydrogen-bond donors (Lipinski definition) is 1. The zero-order chi connectivity index (χ0) is 24.6. The van der Waals surface area contributed by atoms with Crippen LogP contribution in [0.4, 0.5) is 10.1 Å². The van der Waals surface area contributed by atoms with Gasteiger partial charge >= 0.3 is 0 Å². The van der Waals surface area contributed by atoms with Gasteiger partial charge in [0.25, 0.3) is 11.7 Å². The molecule has 1 fully saturated rings. The highest BCUT2D eigenvalue weighted by molar-refractivity contribution is 6.51. The van der Waals surface area contributed by atoms with Crippen LogP contribution in [-0.4, -0.2) is 23.9 Å². The van der Waals surface area contributed by atoms with Gasteiger partial charge in [0.2, 0.25) is 0 Å². The van der Waals surface area contributed by atoms with Crippen molar-refractivity contribution in [2.45, 2.75) is 19.9 Å². The van der Waals surface area contributed by atoms with Crippen LogP contribution >= 0.6 is 0 Å². The van der Waals surface area contributed by atoms with Crippen molar-refractivity contribution in [3.63, 3.8) is 0 Å². The molecule has 1 heterocycles. The van der Waals surface area contributed by atoms with Gasteiger partial charge in [-0.3, -0.25) is 14.5 Å². The average Bonchev–Trinajstić information content (AvgIpc) is 3.09. The molecule has 1 amide bonds. The van der Waals surface area contributed by atoms with E-state index in [1.165, 1.54) is 48.4 Å². The molecule has 0 aromatic heterocycles. The lowest BCUT2D eigenvalue weighted by molar-refractivity contribution is -0.132. The van der Waals surface area contributed by atoms with E-state index in [4.69, 9.17) is 10.00 Å². The number of nitriles is 1. The van der Waals surface area contributed by atoms with Gasteiger partial charge in [-0.2, -0.15) is 5.26 Å². The molecule has 0 bridgehead atoms. The highest BCUT2D eigenvalue weighted by atomic mass is 19.1. The Labute approximate surface area is 196 Å². The second-order valence-electron chi connectivity index (χ2n) is 8.04. The van der Waals surface area contributed by atoms with Crippen molar-refractivity contribution < 1.29 is 23.8 Å². The van der Waals surface area contributed by atoms with Gasteiger partial charge in [0.05, 0.1) is 35.9 Å². The third kappa shape index (κ3) is 3.80. The third-order valence-electron chi connectivity index (χ3n) is 5.78. The average molecular weight is 456 g/mol. The monoisotopic (exact) mass is 456 g/mol. The molecule has 3 aromatic rings. The second-order valence-corrected chi connectivity index (χ2v) is 8.04.